The summed E-state index contributed by atoms with van der Waals surface area (Å²) in [5.41, 5.74) is 0.442. The van der Waals surface area contributed by atoms with Gasteiger partial charge in [-0.3, -0.25) is 0 Å². The third kappa shape index (κ3) is 2.40. The molecule has 0 aromatic heterocycles. The van der Waals surface area contributed by atoms with Crippen molar-refractivity contribution in [2.24, 2.45) is 17.3 Å². The number of nitrogens with zero attached hydrogens (tertiary/aromatic N) is 2. The molecule has 16 heavy (non-hydrogen) atoms. The van der Waals surface area contributed by atoms with Crippen LogP contribution in [0.2, 0.25) is 0 Å². The van der Waals surface area contributed by atoms with E-state index in [-0.39, 0.29) is 0 Å². The summed E-state index contributed by atoms with van der Waals surface area (Å²) < 4.78 is 0. The average molecular weight is 220 g/mol. The molecule has 0 N–H and O–H groups in total. The molecule has 1 atom stereocenters. The zero-order valence-corrected chi connectivity index (χ0v) is 10.9. The van der Waals surface area contributed by atoms with Crippen LogP contribution in [-0.2, 0) is 0 Å². The van der Waals surface area contributed by atoms with Gasteiger partial charge in [-0.05, 0) is 43.6 Å². The summed E-state index contributed by atoms with van der Waals surface area (Å²) in [4.78, 5) is 2.65. The minimum absolute atomic E-state index is 0.347. The van der Waals surface area contributed by atoms with Crippen LogP contribution < -0.4 is 0 Å². The van der Waals surface area contributed by atoms with E-state index in [9.17, 15) is 0 Å². The third-order valence-corrected chi connectivity index (χ3v) is 4.49. The molecular weight excluding hydrogens is 196 g/mol. The lowest BCUT2D eigenvalue weighted by Gasteiger charge is -2.47. The van der Waals surface area contributed by atoms with Gasteiger partial charge in [0.05, 0.1) is 6.07 Å². The predicted molar refractivity (Wildman–Crippen MR) is 65.9 cm³/mol. The van der Waals surface area contributed by atoms with Gasteiger partial charge in [-0.25, -0.2) is 0 Å². The number of hydrogen-bond acceptors (Lipinski definition) is 2. The van der Waals surface area contributed by atoms with Crippen molar-refractivity contribution in [3.8, 4) is 6.07 Å². The largest absolute Gasteiger partial charge is 0.300 e. The number of likely N-dealkylation sites (tertiary alicyclic amines) is 1. The molecule has 2 aliphatic rings. The van der Waals surface area contributed by atoms with Crippen LogP contribution in [-0.4, -0.2) is 24.0 Å². The fraction of sp³-hybridized carbons (Fsp3) is 0.929. The quantitative estimate of drug-likeness (QED) is 0.679. The zero-order chi connectivity index (χ0) is 11.8. The van der Waals surface area contributed by atoms with E-state index >= 15 is 0 Å². The molecule has 0 amide bonds. The number of piperidine rings is 1. The van der Waals surface area contributed by atoms with E-state index in [2.05, 4.69) is 31.7 Å². The van der Waals surface area contributed by atoms with Crippen molar-refractivity contribution in [1.29, 1.82) is 5.26 Å². The van der Waals surface area contributed by atoms with E-state index in [4.69, 9.17) is 5.26 Å². The van der Waals surface area contributed by atoms with Crippen LogP contribution in [0, 0.1) is 28.6 Å². The highest BCUT2D eigenvalue weighted by atomic mass is 15.2. The molecule has 0 aromatic rings. The van der Waals surface area contributed by atoms with Gasteiger partial charge in [0, 0.05) is 18.5 Å². The van der Waals surface area contributed by atoms with Crippen LogP contribution in [0.4, 0.5) is 0 Å². The Labute approximate surface area is 99.6 Å². The van der Waals surface area contributed by atoms with Gasteiger partial charge >= 0.3 is 0 Å². The van der Waals surface area contributed by atoms with E-state index in [1.165, 1.54) is 25.9 Å². The van der Waals surface area contributed by atoms with Crippen LogP contribution in [0.5, 0.6) is 0 Å². The summed E-state index contributed by atoms with van der Waals surface area (Å²) in [6.07, 6.45) is 4.96. The highest BCUT2D eigenvalue weighted by molar-refractivity contribution is 4.99. The van der Waals surface area contributed by atoms with Crippen LogP contribution >= 0.6 is 0 Å². The first-order valence-corrected chi connectivity index (χ1v) is 6.64. The minimum atomic E-state index is 0.347. The van der Waals surface area contributed by atoms with Crippen molar-refractivity contribution in [2.75, 3.05) is 13.1 Å². The molecule has 1 saturated carbocycles. The fourth-order valence-corrected chi connectivity index (χ4v) is 3.04. The maximum atomic E-state index is 8.81. The Hall–Kier alpha value is -0.550. The molecule has 1 heterocycles. The number of rotatable bonds is 1. The summed E-state index contributed by atoms with van der Waals surface area (Å²) >= 11 is 0. The van der Waals surface area contributed by atoms with Crippen molar-refractivity contribution in [3.63, 3.8) is 0 Å². The SMILES string of the molecule is CC(C)(C)C1CCCN(C2CC(C#N)C2)C1. The Bertz CT molecular complexity index is 278. The number of nitriles is 1. The first-order valence-electron chi connectivity index (χ1n) is 6.64. The third-order valence-electron chi connectivity index (χ3n) is 4.49. The van der Waals surface area contributed by atoms with Gasteiger partial charge in [0.2, 0.25) is 0 Å². The lowest BCUT2D eigenvalue weighted by molar-refractivity contribution is 0.0269. The number of hydrogen-bond donors (Lipinski definition) is 0. The molecule has 1 aliphatic heterocycles. The van der Waals surface area contributed by atoms with E-state index in [0.717, 1.165) is 24.8 Å². The summed E-state index contributed by atoms with van der Waals surface area (Å²) in [6.45, 7) is 9.60. The van der Waals surface area contributed by atoms with Crippen molar-refractivity contribution in [2.45, 2.75) is 52.5 Å². The van der Waals surface area contributed by atoms with E-state index < -0.39 is 0 Å². The van der Waals surface area contributed by atoms with Crippen molar-refractivity contribution in [3.05, 3.63) is 0 Å². The van der Waals surface area contributed by atoms with Crippen LogP contribution in [0.15, 0.2) is 0 Å². The second-order valence-corrected chi connectivity index (χ2v) is 6.65. The van der Waals surface area contributed by atoms with Gasteiger partial charge in [0.15, 0.2) is 0 Å². The van der Waals surface area contributed by atoms with Crippen molar-refractivity contribution < 1.29 is 0 Å². The van der Waals surface area contributed by atoms with Gasteiger partial charge in [-0.15, -0.1) is 0 Å². The second-order valence-electron chi connectivity index (χ2n) is 6.65. The van der Waals surface area contributed by atoms with Gasteiger partial charge in [-0.1, -0.05) is 20.8 Å². The zero-order valence-electron chi connectivity index (χ0n) is 10.9. The van der Waals surface area contributed by atoms with E-state index in [0.29, 0.717) is 11.3 Å². The molecule has 2 rings (SSSR count). The Kier molecular flexibility index (Phi) is 3.26. The first-order chi connectivity index (χ1) is 7.50. The first kappa shape index (κ1) is 11.9. The maximum absolute atomic E-state index is 8.81. The monoisotopic (exact) mass is 220 g/mol. The smallest absolute Gasteiger partial charge is 0.0657 e. The summed E-state index contributed by atoms with van der Waals surface area (Å²) in [5.74, 6) is 1.18. The van der Waals surface area contributed by atoms with E-state index in [1.54, 1.807) is 0 Å². The molecular formula is C14H24N2. The topological polar surface area (TPSA) is 27.0 Å². The molecule has 0 radical (unpaired) electrons. The van der Waals surface area contributed by atoms with E-state index in [1.807, 2.05) is 0 Å². The van der Waals surface area contributed by atoms with Crippen molar-refractivity contribution in [1.82, 2.24) is 4.90 Å². The Balaban J connectivity index is 1.86. The predicted octanol–water partition coefficient (Wildman–Crippen LogP) is 3.05. The Morgan fingerprint density at radius 2 is 1.94 bits per heavy atom. The normalized spacial score (nSPS) is 36.5. The van der Waals surface area contributed by atoms with Crippen molar-refractivity contribution >= 4 is 0 Å². The van der Waals surface area contributed by atoms with Gasteiger partial charge in [0.25, 0.3) is 0 Å². The Morgan fingerprint density at radius 3 is 2.50 bits per heavy atom. The molecule has 0 spiro atoms. The molecule has 2 nitrogen and oxygen atoms in total. The molecule has 1 aliphatic carbocycles. The molecule has 1 unspecified atom stereocenters. The second kappa shape index (κ2) is 4.37. The fourth-order valence-electron chi connectivity index (χ4n) is 3.04. The van der Waals surface area contributed by atoms with Crippen LogP contribution in [0.1, 0.15) is 46.5 Å². The molecule has 1 saturated heterocycles. The van der Waals surface area contributed by atoms with Crippen LogP contribution in [0.3, 0.4) is 0 Å². The average Bonchev–Trinajstić information content (AvgIpc) is 2.15. The molecule has 0 aromatic carbocycles. The standard InChI is InChI=1S/C14H24N2/c1-14(2,3)12-5-4-6-16(10-12)13-7-11(8-13)9-15/h11-13H,4-8,10H2,1-3H3. The maximum Gasteiger partial charge on any atom is 0.0657 e. The Morgan fingerprint density at radius 1 is 1.25 bits per heavy atom. The van der Waals surface area contributed by atoms with Gasteiger partial charge < -0.3 is 4.90 Å². The lowest BCUT2D eigenvalue weighted by Crippen LogP contribution is -2.50. The lowest BCUT2D eigenvalue weighted by atomic mass is 9.74. The summed E-state index contributed by atoms with van der Waals surface area (Å²) in [6, 6.07) is 3.10. The molecule has 2 fully saturated rings. The van der Waals surface area contributed by atoms with Gasteiger partial charge in [-0.2, -0.15) is 5.26 Å². The molecule has 2 heteroatoms. The summed E-state index contributed by atoms with van der Waals surface area (Å²) in [5, 5.41) is 8.81. The molecule has 0 bridgehead atoms. The van der Waals surface area contributed by atoms with Crippen LogP contribution in [0.25, 0.3) is 0 Å². The molecule has 90 valence electrons. The summed E-state index contributed by atoms with van der Waals surface area (Å²) in [7, 11) is 0. The highest BCUT2D eigenvalue weighted by Crippen LogP contribution is 2.38. The van der Waals surface area contributed by atoms with Gasteiger partial charge in [0.1, 0.15) is 0 Å². The minimum Gasteiger partial charge on any atom is -0.300 e. The highest BCUT2D eigenvalue weighted by Gasteiger charge is 2.38.